The van der Waals surface area contributed by atoms with Gasteiger partial charge in [-0.15, -0.1) is 0 Å². The quantitative estimate of drug-likeness (QED) is 0.604. The van der Waals surface area contributed by atoms with Crippen LogP contribution in [0.4, 0.5) is 5.69 Å². The Bertz CT molecular complexity index is 438. The first-order chi connectivity index (χ1) is 8.04. The average molecular weight is 234 g/mol. The van der Waals surface area contributed by atoms with Crippen molar-refractivity contribution in [3.8, 4) is 0 Å². The van der Waals surface area contributed by atoms with Crippen molar-refractivity contribution in [2.24, 2.45) is 0 Å². The number of nitrogens with one attached hydrogen (secondary N) is 2. The van der Waals surface area contributed by atoms with E-state index in [0.29, 0.717) is 17.8 Å². The summed E-state index contributed by atoms with van der Waals surface area (Å²) in [6, 6.07) is 6.34. The number of carbonyl (C=O) groups excluding carboxylic acids is 3. The van der Waals surface area contributed by atoms with Crippen molar-refractivity contribution in [1.82, 2.24) is 5.32 Å². The largest absolute Gasteiger partial charge is 0.348 e. The summed E-state index contributed by atoms with van der Waals surface area (Å²) in [6.07, 6.45) is 0. The van der Waals surface area contributed by atoms with Crippen molar-refractivity contribution in [3.63, 3.8) is 0 Å². The van der Waals surface area contributed by atoms with Gasteiger partial charge < -0.3 is 10.6 Å². The Hall–Kier alpha value is -2.17. The molecule has 2 amide bonds. The van der Waals surface area contributed by atoms with E-state index in [2.05, 4.69) is 10.6 Å². The van der Waals surface area contributed by atoms with Crippen LogP contribution in [0.1, 0.15) is 24.2 Å². The van der Waals surface area contributed by atoms with Crippen LogP contribution in [0.5, 0.6) is 0 Å². The Morgan fingerprint density at radius 2 is 1.65 bits per heavy atom. The van der Waals surface area contributed by atoms with E-state index in [0.717, 1.165) is 0 Å². The molecule has 0 aliphatic heterocycles. The molecule has 17 heavy (non-hydrogen) atoms. The number of benzene rings is 1. The Morgan fingerprint density at radius 3 is 2.12 bits per heavy atom. The minimum absolute atomic E-state index is 0.0494. The zero-order chi connectivity index (χ0) is 12.8. The molecule has 0 fully saturated rings. The number of ketones is 1. The first-order valence-electron chi connectivity index (χ1n) is 5.24. The van der Waals surface area contributed by atoms with Crippen LogP contribution in [0.25, 0.3) is 0 Å². The highest BCUT2D eigenvalue weighted by atomic mass is 16.2. The first-order valence-corrected chi connectivity index (χ1v) is 5.24. The number of anilines is 1. The Morgan fingerprint density at radius 1 is 1.06 bits per heavy atom. The van der Waals surface area contributed by atoms with E-state index in [4.69, 9.17) is 0 Å². The molecule has 0 unspecified atom stereocenters. The van der Waals surface area contributed by atoms with Crippen LogP contribution in [0.3, 0.4) is 0 Å². The van der Waals surface area contributed by atoms with Gasteiger partial charge in [0.1, 0.15) is 0 Å². The van der Waals surface area contributed by atoms with E-state index in [9.17, 15) is 14.4 Å². The zero-order valence-electron chi connectivity index (χ0n) is 9.74. The molecule has 1 aromatic rings. The van der Waals surface area contributed by atoms with Crippen LogP contribution in [0.2, 0.25) is 0 Å². The lowest BCUT2D eigenvalue weighted by Gasteiger charge is -2.05. The van der Waals surface area contributed by atoms with Crippen LogP contribution in [-0.4, -0.2) is 24.1 Å². The van der Waals surface area contributed by atoms with Crippen LogP contribution in [-0.2, 0) is 9.59 Å². The van der Waals surface area contributed by atoms with E-state index in [1.165, 1.54) is 6.92 Å². The van der Waals surface area contributed by atoms with Crippen molar-refractivity contribution < 1.29 is 14.4 Å². The third-order valence-corrected chi connectivity index (χ3v) is 2.09. The van der Waals surface area contributed by atoms with Gasteiger partial charge in [0.15, 0.2) is 5.78 Å². The molecule has 0 atom stereocenters. The SMILES string of the molecule is CCNC(=O)C(=O)Nc1ccc(C(C)=O)cc1. The molecule has 5 heteroatoms. The second-order valence-electron chi connectivity index (χ2n) is 3.45. The predicted molar refractivity (Wildman–Crippen MR) is 63.8 cm³/mol. The van der Waals surface area contributed by atoms with Gasteiger partial charge in [0, 0.05) is 17.8 Å². The van der Waals surface area contributed by atoms with Crippen molar-refractivity contribution in [2.75, 3.05) is 11.9 Å². The molecule has 0 radical (unpaired) electrons. The second kappa shape index (κ2) is 5.79. The van der Waals surface area contributed by atoms with Gasteiger partial charge in [0.25, 0.3) is 0 Å². The number of amides is 2. The van der Waals surface area contributed by atoms with Gasteiger partial charge in [-0.25, -0.2) is 0 Å². The zero-order valence-corrected chi connectivity index (χ0v) is 9.74. The summed E-state index contributed by atoms with van der Waals surface area (Å²) in [4.78, 5) is 33.5. The molecule has 90 valence electrons. The molecule has 1 aromatic carbocycles. The Labute approximate surface area is 99.2 Å². The fraction of sp³-hybridized carbons (Fsp3) is 0.250. The smallest absolute Gasteiger partial charge is 0.313 e. The van der Waals surface area contributed by atoms with Crippen LogP contribution in [0.15, 0.2) is 24.3 Å². The van der Waals surface area contributed by atoms with E-state index < -0.39 is 11.8 Å². The highest BCUT2D eigenvalue weighted by molar-refractivity contribution is 6.39. The second-order valence-corrected chi connectivity index (χ2v) is 3.45. The predicted octanol–water partition coefficient (Wildman–Crippen LogP) is 0.964. The van der Waals surface area contributed by atoms with Gasteiger partial charge in [0.2, 0.25) is 0 Å². The Balaban J connectivity index is 2.66. The maximum absolute atomic E-state index is 11.3. The summed E-state index contributed by atoms with van der Waals surface area (Å²) in [5.74, 6) is -1.45. The monoisotopic (exact) mass is 234 g/mol. The molecule has 5 nitrogen and oxygen atoms in total. The summed E-state index contributed by atoms with van der Waals surface area (Å²) < 4.78 is 0. The molecule has 0 bridgehead atoms. The maximum Gasteiger partial charge on any atom is 0.313 e. The molecule has 0 aliphatic rings. The van der Waals surface area contributed by atoms with E-state index in [1.54, 1.807) is 31.2 Å². The Kier molecular flexibility index (Phi) is 4.39. The van der Waals surface area contributed by atoms with Gasteiger partial charge in [-0.2, -0.15) is 0 Å². The van der Waals surface area contributed by atoms with Crippen molar-refractivity contribution in [1.29, 1.82) is 0 Å². The molecule has 0 saturated carbocycles. The van der Waals surface area contributed by atoms with Gasteiger partial charge in [-0.05, 0) is 38.1 Å². The summed E-state index contributed by atoms with van der Waals surface area (Å²) in [5, 5.41) is 4.82. The molecule has 1 rings (SSSR count). The lowest BCUT2D eigenvalue weighted by molar-refractivity contribution is -0.136. The van der Waals surface area contributed by atoms with Gasteiger partial charge in [-0.1, -0.05) is 0 Å². The number of hydrogen-bond acceptors (Lipinski definition) is 3. The number of Topliss-reactive ketones (excluding diaryl/α,β-unsaturated/α-hetero) is 1. The third kappa shape index (κ3) is 3.71. The molecule has 0 aliphatic carbocycles. The number of rotatable bonds is 3. The normalized spacial score (nSPS) is 9.53. The molecular formula is C12H14N2O3. The highest BCUT2D eigenvalue weighted by Crippen LogP contribution is 2.09. The van der Waals surface area contributed by atoms with Crippen molar-refractivity contribution >= 4 is 23.3 Å². The highest BCUT2D eigenvalue weighted by Gasteiger charge is 2.12. The minimum Gasteiger partial charge on any atom is -0.348 e. The maximum atomic E-state index is 11.3. The summed E-state index contributed by atoms with van der Waals surface area (Å²) in [7, 11) is 0. The molecule has 0 spiro atoms. The van der Waals surface area contributed by atoms with Gasteiger partial charge >= 0.3 is 11.8 Å². The third-order valence-electron chi connectivity index (χ3n) is 2.09. The fourth-order valence-corrected chi connectivity index (χ4v) is 1.22. The van der Waals surface area contributed by atoms with Crippen LogP contribution < -0.4 is 10.6 Å². The fourth-order valence-electron chi connectivity index (χ4n) is 1.22. The molecule has 0 aromatic heterocycles. The number of carbonyl (C=O) groups is 3. The topological polar surface area (TPSA) is 75.3 Å². The summed E-state index contributed by atoms with van der Waals surface area (Å²) in [5.41, 5.74) is 1.03. The molecular weight excluding hydrogens is 220 g/mol. The van der Waals surface area contributed by atoms with Crippen LogP contribution >= 0.6 is 0 Å². The molecule has 0 heterocycles. The molecule has 2 N–H and O–H groups in total. The standard InChI is InChI=1S/C12H14N2O3/c1-3-13-11(16)12(17)14-10-6-4-9(5-7-10)8(2)15/h4-7H,3H2,1-2H3,(H,13,16)(H,14,17). The first kappa shape index (κ1) is 12.9. The van der Waals surface area contributed by atoms with Crippen molar-refractivity contribution in [3.05, 3.63) is 29.8 Å². The van der Waals surface area contributed by atoms with E-state index in [1.807, 2.05) is 0 Å². The lowest BCUT2D eigenvalue weighted by Crippen LogP contribution is -2.35. The van der Waals surface area contributed by atoms with Crippen molar-refractivity contribution in [2.45, 2.75) is 13.8 Å². The van der Waals surface area contributed by atoms with E-state index >= 15 is 0 Å². The number of hydrogen-bond donors (Lipinski definition) is 2. The lowest BCUT2D eigenvalue weighted by atomic mass is 10.1. The van der Waals surface area contributed by atoms with Gasteiger partial charge in [-0.3, -0.25) is 14.4 Å². The van der Waals surface area contributed by atoms with Crippen LogP contribution in [0, 0.1) is 0 Å². The van der Waals surface area contributed by atoms with Gasteiger partial charge in [0.05, 0.1) is 0 Å². The minimum atomic E-state index is -0.720. The summed E-state index contributed by atoms with van der Waals surface area (Å²) >= 11 is 0. The summed E-state index contributed by atoms with van der Waals surface area (Å²) in [6.45, 7) is 3.59. The average Bonchev–Trinajstić information content (AvgIpc) is 2.30. The molecule has 0 saturated heterocycles. The number of likely N-dealkylation sites (N-methyl/N-ethyl adjacent to an activating group) is 1. The van der Waals surface area contributed by atoms with E-state index in [-0.39, 0.29) is 5.78 Å².